The highest BCUT2D eigenvalue weighted by molar-refractivity contribution is 9.11. The highest BCUT2D eigenvalue weighted by Crippen LogP contribution is 2.24. The van der Waals surface area contributed by atoms with Crippen LogP contribution in [0.25, 0.3) is 0 Å². The summed E-state index contributed by atoms with van der Waals surface area (Å²) in [5, 5.41) is 2.87. The number of anilines is 1. The molecular weight excluding hydrogens is 366 g/mol. The first-order chi connectivity index (χ1) is 8.15. The van der Waals surface area contributed by atoms with Crippen molar-refractivity contribution in [3.05, 3.63) is 49.5 Å². The monoisotopic (exact) mass is 373 g/mol. The molecule has 0 aliphatic rings. The SMILES string of the molecule is O=C(Cc1ccc(Br)s1)Nc1ccccc1Br. The van der Waals surface area contributed by atoms with Gasteiger partial charge >= 0.3 is 0 Å². The van der Waals surface area contributed by atoms with Crippen molar-refractivity contribution in [1.29, 1.82) is 0 Å². The Balaban J connectivity index is 2.01. The number of carbonyl (C=O) groups excluding carboxylic acids is 1. The Morgan fingerprint density at radius 3 is 2.59 bits per heavy atom. The van der Waals surface area contributed by atoms with E-state index in [1.165, 1.54) is 0 Å². The highest BCUT2D eigenvalue weighted by atomic mass is 79.9. The second kappa shape index (κ2) is 5.80. The van der Waals surface area contributed by atoms with E-state index >= 15 is 0 Å². The van der Waals surface area contributed by atoms with E-state index in [2.05, 4.69) is 37.2 Å². The van der Waals surface area contributed by atoms with E-state index in [9.17, 15) is 4.79 Å². The average Bonchev–Trinajstić information content (AvgIpc) is 2.67. The number of benzene rings is 1. The summed E-state index contributed by atoms with van der Waals surface area (Å²) >= 11 is 8.35. The smallest absolute Gasteiger partial charge is 0.229 e. The molecule has 0 spiro atoms. The molecule has 0 bridgehead atoms. The van der Waals surface area contributed by atoms with Crippen LogP contribution in [0.2, 0.25) is 0 Å². The van der Waals surface area contributed by atoms with Gasteiger partial charge in [-0.3, -0.25) is 4.79 Å². The third kappa shape index (κ3) is 3.66. The van der Waals surface area contributed by atoms with Gasteiger partial charge in [-0.25, -0.2) is 0 Å². The zero-order chi connectivity index (χ0) is 12.3. The van der Waals surface area contributed by atoms with Gasteiger partial charge in [0.05, 0.1) is 15.9 Å². The van der Waals surface area contributed by atoms with Crippen LogP contribution in [0.5, 0.6) is 0 Å². The van der Waals surface area contributed by atoms with Crippen LogP contribution in [0.1, 0.15) is 4.88 Å². The lowest BCUT2D eigenvalue weighted by Crippen LogP contribution is -2.13. The molecule has 2 aromatic rings. The number of thiophene rings is 1. The van der Waals surface area contributed by atoms with Crippen molar-refractivity contribution in [1.82, 2.24) is 0 Å². The lowest BCUT2D eigenvalue weighted by molar-refractivity contribution is -0.115. The molecule has 0 unspecified atom stereocenters. The predicted octanol–water partition coefficient (Wildman–Crippen LogP) is 4.45. The van der Waals surface area contributed by atoms with Crippen LogP contribution in [0.15, 0.2) is 44.7 Å². The summed E-state index contributed by atoms with van der Waals surface area (Å²) in [6, 6.07) is 11.5. The van der Waals surface area contributed by atoms with Gasteiger partial charge in [-0.1, -0.05) is 12.1 Å². The molecule has 0 fully saturated rings. The number of amides is 1. The van der Waals surface area contributed by atoms with Crippen molar-refractivity contribution in [3.63, 3.8) is 0 Å². The normalized spacial score (nSPS) is 10.2. The lowest BCUT2D eigenvalue weighted by atomic mass is 10.3. The topological polar surface area (TPSA) is 29.1 Å². The van der Waals surface area contributed by atoms with Gasteiger partial charge in [-0.05, 0) is 56.1 Å². The van der Waals surface area contributed by atoms with Crippen LogP contribution in [0, 0.1) is 0 Å². The molecule has 2 rings (SSSR count). The van der Waals surface area contributed by atoms with Gasteiger partial charge in [0, 0.05) is 9.35 Å². The number of hydrogen-bond acceptors (Lipinski definition) is 2. The molecule has 1 heterocycles. The third-order valence-corrected chi connectivity index (χ3v) is 4.43. The Kier molecular flexibility index (Phi) is 4.36. The van der Waals surface area contributed by atoms with Crippen molar-refractivity contribution in [2.75, 3.05) is 5.32 Å². The minimum absolute atomic E-state index is 0.00810. The molecule has 1 amide bonds. The summed E-state index contributed by atoms with van der Waals surface area (Å²) in [6.07, 6.45) is 0.400. The summed E-state index contributed by atoms with van der Waals surface area (Å²) in [5.41, 5.74) is 0.799. The highest BCUT2D eigenvalue weighted by Gasteiger charge is 2.07. The molecule has 0 aliphatic carbocycles. The number of hydrogen-bond donors (Lipinski definition) is 1. The van der Waals surface area contributed by atoms with Crippen molar-refractivity contribution < 1.29 is 4.79 Å². The van der Waals surface area contributed by atoms with Crippen LogP contribution >= 0.6 is 43.2 Å². The fourth-order valence-electron chi connectivity index (χ4n) is 1.36. The maximum Gasteiger partial charge on any atom is 0.229 e. The molecule has 1 aromatic carbocycles. The fraction of sp³-hybridized carbons (Fsp3) is 0.0833. The number of nitrogens with one attached hydrogen (secondary N) is 1. The fourth-order valence-corrected chi connectivity index (χ4v) is 3.23. The van der Waals surface area contributed by atoms with Gasteiger partial charge < -0.3 is 5.32 Å². The Bertz CT molecular complexity index is 539. The van der Waals surface area contributed by atoms with E-state index in [-0.39, 0.29) is 5.91 Å². The molecular formula is C12H9Br2NOS. The van der Waals surface area contributed by atoms with E-state index in [1.54, 1.807) is 11.3 Å². The van der Waals surface area contributed by atoms with Gasteiger partial charge in [0.2, 0.25) is 5.91 Å². The van der Waals surface area contributed by atoms with E-state index in [0.717, 1.165) is 18.8 Å². The number of carbonyl (C=O) groups is 1. The molecule has 0 radical (unpaired) electrons. The Hall–Kier alpha value is -0.650. The minimum atomic E-state index is -0.00810. The quantitative estimate of drug-likeness (QED) is 0.844. The first-order valence-electron chi connectivity index (χ1n) is 4.94. The van der Waals surface area contributed by atoms with Gasteiger partial charge in [0.25, 0.3) is 0 Å². The van der Waals surface area contributed by atoms with E-state index in [4.69, 9.17) is 0 Å². The summed E-state index contributed by atoms with van der Waals surface area (Å²) in [7, 11) is 0. The number of para-hydroxylation sites is 1. The van der Waals surface area contributed by atoms with E-state index in [0.29, 0.717) is 6.42 Å². The van der Waals surface area contributed by atoms with Crippen LogP contribution < -0.4 is 5.32 Å². The van der Waals surface area contributed by atoms with Crippen molar-refractivity contribution in [2.24, 2.45) is 0 Å². The van der Waals surface area contributed by atoms with Gasteiger partial charge in [-0.2, -0.15) is 0 Å². The first-order valence-corrected chi connectivity index (χ1v) is 7.34. The zero-order valence-corrected chi connectivity index (χ0v) is 12.7. The van der Waals surface area contributed by atoms with E-state index < -0.39 is 0 Å². The molecule has 0 atom stereocenters. The molecule has 17 heavy (non-hydrogen) atoms. The average molecular weight is 375 g/mol. The Morgan fingerprint density at radius 1 is 1.18 bits per heavy atom. The molecule has 1 aromatic heterocycles. The molecule has 5 heteroatoms. The predicted molar refractivity (Wildman–Crippen MR) is 78.5 cm³/mol. The molecule has 88 valence electrons. The summed E-state index contributed by atoms with van der Waals surface area (Å²) in [4.78, 5) is 12.8. The maximum absolute atomic E-state index is 11.8. The number of halogens is 2. The minimum Gasteiger partial charge on any atom is -0.325 e. The van der Waals surface area contributed by atoms with Crippen LogP contribution in [-0.4, -0.2) is 5.91 Å². The second-order valence-corrected chi connectivity index (χ2v) is 6.81. The molecule has 0 aliphatic heterocycles. The van der Waals surface area contributed by atoms with Crippen LogP contribution in [0.4, 0.5) is 5.69 Å². The molecule has 1 N–H and O–H groups in total. The van der Waals surface area contributed by atoms with Crippen molar-refractivity contribution in [3.8, 4) is 0 Å². The first kappa shape index (κ1) is 12.8. The Morgan fingerprint density at radius 2 is 1.94 bits per heavy atom. The van der Waals surface area contributed by atoms with Crippen molar-refractivity contribution >= 4 is 54.8 Å². The van der Waals surface area contributed by atoms with E-state index in [1.807, 2.05) is 36.4 Å². The van der Waals surface area contributed by atoms with Gasteiger partial charge in [0.1, 0.15) is 0 Å². The molecule has 0 saturated heterocycles. The third-order valence-electron chi connectivity index (χ3n) is 2.11. The van der Waals surface area contributed by atoms with Gasteiger partial charge in [0.15, 0.2) is 0 Å². The molecule has 0 saturated carbocycles. The second-order valence-electron chi connectivity index (χ2n) is 3.41. The standard InChI is InChI=1S/C12H9Br2NOS/c13-9-3-1-2-4-10(9)15-12(16)7-8-5-6-11(14)17-8/h1-6H,7H2,(H,15,16). The van der Waals surface area contributed by atoms with Crippen molar-refractivity contribution in [2.45, 2.75) is 6.42 Å². The van der Waals surface area contributed by atoms with Gasteiger partial charge in [-0.15, -0.1) is 11.3 Å². The lowest BCUT2D eigenvalue weighted by Gasteiger charge is -2.05. The number of rotatable bonds is 3. The zero-order valence-electron chi connectivity index (χ0n) is 8.74. The summed E-state index contributed by atoms with van der Waals surface area (Å²) in [6.45, 7) is 0. The summed E-state index contributed by atoms with van der Waals surface area (Å²) < 4.78 is 1.93. The summed E-state index contributed by atoms with van der Waals surface area (Å²) in [5.74, 6) is -0.00810. The van der Waals surface area contributed by atoms with Crippen LogP contribution in [0.3, 0.4) is 0 Å². The largest absolute Gasteiger partial charge is 0.325 e. The molecule has 2 nitrogen and oxygen atoms in total. The van der Waals surface area contributed by atoms with Crippen LogP contribution in [-0.2, 0) is 11.2 Å². The maximum atomic E-state index is 11.8. The Labute approximate surface area is 120 Å².